The summed E-state index contributed by atoms with van der Waals surface area (Å²) in [6.07, 6.45) is 1.53. The molecule has 1 heterocycles. The van der Waals surface area contributed by atoms with Crippen LogP contribution in [0.5, 0.6) is 11.5 Å². The van der Waals surface area contributed by atoms with Gasteiger partial charge in [-0.15, -0.1) is 5.10 Å². The highest BCUT2D eigenvalue weighted by atomic mass is 16.5. The Kier molecular flexibility index (Phi) is 4.05. The van der Waals surface area contributed by atoms with Crippen LogP contribution >= 0.6 is 0 Å². The Hall–Kier alpha value is -3.15. The second kappa shape index (κ2) is 6.31. The molecule has 0 unspecified atom stereocenters. The van der Waals surface area contributed by atoms with Crippen LogP contribution < -0.4 is 14.8 Å². The molecule has 1 N–H and O–H groups in total. The van der Waals surface area contributed by atoms with Crippen molar-refractivity contribution in [2.45, 2.75) is 0 Å². The highest BCUT2D eigenvalue weighted by Gasteiger charge is 2.25. The largest absolute Gasteiger partial charge is 0.493 e. The van der Waals surface area contributed by atoms with Gasteiger partial charge in [0, 0.05) is 11.1 Å². The summed E-state index contributed by atoms with van der Waals surface area (Å²) in [4.78, 5) is 11.9. The molecule has 1 amide bonds. The fourth-order valence-corrected chi connectivity index (χ4v) is 2.36. The zero-order valence-corrected chi connectivity index (χ0v) is 12.7. The van der Waals surface area contributed by atoms with Crippen LogP contribution in [0.2, 0.25) is 0 Å². The fraction of sp³-hybridized carbons (Fsp3) is 0.118. The number of carbonyl (C=O) groups is 1. The van der Waals surface area contributed by atoms with Crippen molar-refractivity contribution in [1.82, 2.24) is 0 Å². The molecule has 0 radical (unpaired) electrons. The number of para-hydroxylation sites is 2. The summed E-state index contributed by atoms with van der Waals surface area (Å²) in [5.74, 6) is 0.907. The van der Waals surface area contributed by atoms with Crippen molar-refractivity contribution in [3.63, 3.8) is 0 Å². The quantitative estimate of drug-likeness (QED) is 0.696. The van der Waals surface area contributed by atoms with Crippen LogP contribution in [0, 0.1) is 0 Å². The van der Waals surface area contributed by atoms with E-state index in [1.165, 1.54) is 6.21 Å². The Labute approximate surface area is 133 Å². The standard InChI is InChI=1S/C17H15N3O3/c1-22-14-9-5-6-11(16(14)23-2)10-18-20-15-12-7-3-4-8-13(12)19-17(15)21/h3-10H,1-2H3,(H,19,20,21). The Morgan fingerprint density at radius 1 is 1.04 bits per heavy atom. The summed E-state index contributed by atoms with van der Waals surface area (Å²) in [6.45, 7) is 0. The molecule has 0 bridgehead atoms. The average molecular weight is 309 g/mol. The summed E-state index contributed by atoms with van der Waals surface area (Å²) >= 11 is 0. The molecular weight excluding hydrogens is 294 g/mol. The molecule has 1 aliphatic heterocycles. The Morgan fingerprint density at radius 2 is 1.87 bits per heavy atom. The zero-order chi connectivity index (χ0) is 16.2. The van der Waals surface area contributed by atoms with Crippen molar-refractivity contribution in [2.75, 3.05) is 19.5 Å². The second-order valence-electron chi connectivity index (χ2n) is 4.78. The molecule has 0 spiro atoms. The number of anilines is 1. The van der Waals surface area contributed by atoms with Gasteiger partial charge in [0.25, 0.3) is 5.91 Å². The van der Waals surface area contributed by atoms with Gasteiger partial charge in [-0.05, 0) is 18.2 Å². The van der Waals surface area contributed by atoms with Gasteiger partial charge in [-0.3, -0.25) is 4.79 Å². The predicted octanol–water partition coefficient (Wildman–Crippen LogP) is 2.48. The first-order chi connectivity index (χ1) is 11.2. The molecule has 0 fully saturated rings. The number of amides is 1. The maximum Gasteiger partial charge on any atom is 0.276 e. The normalized spacial score (nSPS) is 14.9. The minimum absolute atomic E-state index is 0.263. The molecule has 0 aromatic heterocycles. The van der Waals surface area contributed by atoms with E-state index in [-0.39, 0.29) is 5.91 Å². The van der Waals surface area contributed by atoms with Crippen LogP contribution in [-0.2, 0) is 4.79 Å². The number of methoxy groups -OCH3 is 2. The summed E-state index contributed by atoms with van der Waals surface area (Å²) in [7, 11) is 3.13. The van der Waals surface area contributed by atoms with Gasteiger partial charge in [0.05, 0.1) is 26.1 Å². The van der Waals surface area contributed by atoms with Gasteiger partial charge in [-0.25, -0.2) is 0 Å². The van der Waals surface area contributed by atoms with E-state index in [2.05, 4.69) is 15.5 Å². The molecule has 6 heteroatoms. The topological polar surface area (TPSA) is 72.3 Å². The molecule has 1 aliphatic rings. The van der Waals surface area contributed by atoms with E-state index in [0.717, 1.165) is 11.3 Å². The molecule has 0 saturated heterocycles. The number of ether oxygens (including phenoxy) is 2. The number of nitrogens with one attached hydrogen (secondary N) is 1. The summed E-state index contributed by atoms with van der Waals surface area (Å²) < 4.78 is 10.6. The van der Waals surface area contributed by atoms with E-state index in [0.29, 0.717) is 22.8 Å². The van der Waals surface area contributed by atoms with Crippen LogP contribution in [0.3, 0.4) is 0 Å². The van der Waals surface area contributed by atoms with Gasteiger partial charge in [0.2, 0.25) is 0 Å². The number of hydrogen-bond donors (Lipinski definition) is 1. The van der Waals surface area contributed by atoms with Crippen molar-refractivity contribution in [3.05, 3.63) is 53.6 Å². The number of nitrogens with zero attached hydrogens (tertiary/aromatic N) is 2. The molecular formula is C17H15N3O3. The van der Waals surface area contributed by atoms with E-state index in [1.54, 1.807) is 20.3 Å². The molecule has 6 nitrogen and oxygen atoms in total. The van der Waals surface area contributed by atoms with E-state index in [4.69, 9.17) is 9.47 Å². The lowest BCUT2D eigenvalue weighted by atomic mass is 10.1. The lowest BCUT2D eigenvalue weighted by molar-refractivity contribution is -0.110. The van der Waals surface area contributed by atoms with Crippen LogP contribution in [0.4, 0.5) is 5.69 Å². The van der Waals surface area contributed by atoms with E-state index in [9.17, 15) is 4.79 Å². The Morgan fingerprint density at radius 3 is 2.65 bits per heavy atom. The highest BCUT2D eigenvalue weighted by Crippen LogP contribution is 2.29. The first kappa shape index (κ1) is 14.8. The van der Waals surface area contributed by atoms with Gasteiger partial charge in [-0.2, -0.15) is 5.10 Å². The van der Waals surface area contributed by atoms with Crippen molar-refractivity contribution in [2.24, 2.45) is 10.2 Å². The molecule has 3 rings (SSSR count). The minimum Gasteiger partial charge on any atom is -0.493 e. The molecule has 23 heavy (non-hydrogen) atoms. The zero-order valence-electron chi connectivity index (χ0n) is 12.7. The van der Waals surface area contributed by atoms with Crippen molar-refractivity contribution >= 4 is 23.5 Å². The van der Waals surface area contributed by atoms with Gasteiger partial charge in [0.1, 0.15) is 0 Å². The lowest BCUT2D eigenvalue weighted by Crippen LogP contribution is -2.13. The smallest absolute Gasteiger partial charge is 0.276 e. The number of rotatable bonds is 4. The Balaban J connectivity index is 1.92. The van der Waals surface area contributed by atoms with E-state index < -0.39 is 0 Å². The minimum atomic E-state index is -0.263. The van der Waals surface area contributed by atoms with Crippen LogP contribution in [-0.4, -0.2) is 32.1 Å². The predicted molar refractivity (Wildman–Crippen MR) is 88.7 cm³/mol. The Bertz CT molecular complexity index is 812. The van der Waals surface area contributed by atoms with Gasteiger partial charge in [0.15, 0.2) is 17.2 Å². The molecule has 0 atom stereocenters. The van der Waals surface area contributed by atoms with Crippen LogP contribution in [0.15, 0.2) is 52.7 Å². The van der Waals surface area contributed by atoms with Crippen molar-refractivity contribution < 1.29 is 14.3 Å². The van der Waals surface area contributed by atoms with E-state index >= 15 is 0 Å². The molecule has 116 valence electrons. The summed E-state index contributed by atoms with van der Waals surface area (Å²) in [5, 5.41) is 10.8. The molecule has 0 aliphatic carbocycles. The van der Waals surface area contributed by atoms with Gasteiger partial charge in [-0.1, -0.05) is 24.3 Å². The maximum absolute atomic E-state index is 11.9. The molecule has 2 aromatic rings. The molecule has 2 aromatic carbocycles. The second-order valence-corrected chi connectivity index (χ2v) is 4.78. The van der Waals surface area contributed by atoms with Gasteiger partial charge >= 0.3 is 0 Å². The van der Waals surface area contributed by atoms with Crippen molar-refractivity contribution in [1.29, 1.82) is 0 Å². The number of benzene rings is 2. The number of hydrogen-bond acceptors (Lipinski definition) is 5. The number of fused-ring (bicyclic) bond motifs is 1. The van der Waals surface area contributed by atoms with Gasteiger partial charge < -0.3 is 14.8 Å². The van der Waals surface area contributed by atoms with Crippen molar-refractivity contribution in [3.8, 4) is 11.5 Å². The maximum atomic E-state index is 11.9. The first-order valence-electron chi connectivity index (χ1n) is 6.97. The highest BCUT2D eigenvalue weighted by molar-refractivity contribution is 6.53. The monoisotopic (exact) mass is 309 g/mol. The van der Waals surface area contributed by atoms with Crippen LogP contribution in [0.25, 0.3) is 0 Å². The third kappa shape index (κ3) is 2.78. The SMILES string of the molecule is COc1cccc(C=N/N=C2\C(=O)Nc3ccccc32)c1OC. The summed E-state index contributed by atoms with van der Waals surface area (Å²) in [5.41, 5.74) is 2.49. The van der Waals surface area contributed by atoms with E-state index in [1.807, 2.05) is 36.4 Å². The van der Waals surface area contributed by atoms with Crippen LogP contribution in [0.1, 0.15) is 11.1 Å². The average Bonchev–Trinajstić information content (AvgIpc) is 2.90. The first-order valence-corrected chi connectivity index (χ1v) is 6.97. The summed E-state index contributed by atoms with van der Waals surface area (Å²) in [6, 6.07) is 12.8. The lowest BCUT2D eigenvalue weighted by Gasteiger charge is -2.08. The third-order valence-corrected chi connectivity index (χ3v) is 3.43. The fourth-order valence-electron chi connectivity index (χ4n) is 2.36. The third-order valence-electron chi connectivity index (χ3n) is 3.43. The number of carbonyl (C=O) groups excluding carboxylic acids is 1. The molecule has 0 saturated carbocycles.